The maximum Gasteiger partial charge on any atom is 0.112 e. The summed E-state index contributed by atoms with van der Waals surface area (Å²) < 4.78 is 7.97. The van der Waals surface area contributed by atoms with E-state index in [4.69, 9.17) is 4.74 Å². The van der Waals surface area contributed by atoms with Crippen molar-refractivity contribution in [1.29, 1.82) is 0 Å². The first-order valence-corrected chi connectivity index (χ1v) is 9.05. The van der Waals surface area contributed by atoms with Gasteiger partial charge in [0.25, 0.3) is 0 Å². The number of ether oxygens (including phenoxy) is 1. The van der Waals surface area contributed by atoms with Gasteiger partial charge in [-0.05, 0) is 32.0 Å². The Kier molecular flexibility index (Phi) is 4.81. The quantitative estimate of drug-likeness (QED) is 0.764. The third kappa shape index (κ3) is 3.54. The van der Waals surface area contributed by atoms with E-state index in [9.17, 15) is 0 Å². The maximum atomic E-state index is 5.97. The summed E-state index contributed by atoms with van der Waals surface area (Å²) in [6.07, 6.45) is 5.77. The molecule has 1 N–H and O–H groups in total. The Morgan fingerprint density at radius 3 is 2.92 bits per heavy atom. The van der Waals surface area contributed by atoms with Crippen LogP contribution < -0.4 is 0 Å². The molecule has 1 saturated heterocycles. The lowest BCUT2D eigenvalue weighted by atomic mass is 10.1. The van der Waals surface area contributed by atoms with Gasteiger partial charge in [-0.3, -0.25) is 19.7 Å². The first-order chi connectivity index (χ1) is 12.7. The monoisotopic (exact) mass is 352 g/mol. The molecular formula is C19H24N6O. The molecule has 7 heteroatoms. The van der Waals surface area contributed by atoms with Gasteiger partial charge < -0.3 is 4.74 Å². The predicted octanol–water partition coefficient (Wildman–Crippen LogP) is 2.57. The molecule has 0 spiro atoms. The van der Waals surface area contributed by atoms with Gasteiger partial charge in [-0.1, -0.05) is 0 Å². The summed E-state index contributed by atoms with van der Waals surface area (Å²) in [7, 11) is 0. The smallest absolute Gasteiger partial charge is 0.112 e. The SMILES string of the molecule is CCn1cc(CN2CCO[C@@H](c3ccc(-c4ccn[nH]4)cn3)C2)c(C)n1. The molecule has 0 aliphatic carbocycles. The van der Waals surface area contributed by atoms with Crippen LogP contribution in [0.3, 0.4) is 0 Å². The van der Waals surface area contributed by atoms with Crippen LogP contribution in [0, 0.1) is 6.92 Å². The van der Waals surface area contributed by atoms with Crippen LogP contribution in [0.15, 0.2) is 36.8 Å². The summed E-state index contributed by atoms with van der Waals surface area (Å²) in [4.78, 5) is 7.04. The number of pyridine rings is 1. The Morgan fingerprint density at radius 1 is 1.31 bits per heavy atom. The number of nitrogens with zero attached hydrogens (tertiary/aromatic N) is 5. The van der Waals surface area contributed by atoms with E-state index in [1.165, 1.54) is 5.56 Å². The molecule has 1 atom stereocenters. The fourth-order valence-electron chi connectivity index (χ4n) is 3.31. The zero-order chi connectivity index (χ0) is 17.9. The average molecular weight is 352 g/mol. The van der Waals surface area contributed by atoms with Crippen molar-refractivity contribution in [3.8, 4) is 11.3 Å². The summed E-state index contributed by atoms with van der Waals surface area (Å²) in [5.74, 6) is 0. The van der Waals surface area contributed by atoms with Crippen LogP contribution in [0.1, 0.15) is 30.0 Å². The molecule has 0 unspecified atom stereocenters. The highest BCUT2D eigenvalue weighted by Crippen LogP contribution is 2.24. The number of aryl methyl sites for hydroxylation is 2. The number of hydrogen-bond donors (Lipinski definition) is 1. The maximum absolute atomic E-state index is 5.97. The summed E-state index contributed by atoms with van der Waals surface area (Å²) in [6.45, 7) is 8.48. The highest BCUT2D eigenvalue weighted by Gasteiger charge is 2.24. The summed E-state index contributed by atoms with van der Waals surface area (Å²) in [5, 5.41) is 11.5. The van der Waals surface area contributed by atoms with E-state index in [0.29, 0.717) is 0 Å². The van der Waals surface area contributed by atoms with Crippen LogP contribution in [-0.4, -0.2) is 49.6 Å². The Bertz CT molecular complexity index is 840. The standard InChI is InChI=1S/C19H24N6O/c1-3-25-12-16(14(2)23-25)11-24-8-9-26-19(13-24)18-5-4-15(10-20-18)17-6-7-21-22-17/h4-7,10,12,19H,3,8-9,11,13H2,1-2H3,(H,21,22)/t19-/m1/s1. The summed E-state index contributed by atoms with van der Waals surface area (Å²) >= 11 is 0. The number of hydrogen-bond acceptors (Lipinski definition) is 5. The van der Waals surface area contributed by atoms with Crippen molar-refractivity contribution in [3.63, 3.8) is 0 Å². The fourth-order valence-corrected chi connectivity index (χ4v) is 3.31. The summed E-state index contributed by atoms with van der Waals surface area (Å²) in [5.41, 5.74) is 5.37. The number of aromatic amines is 1. The Morgan fingerprint density at radius 2 is 2.23 bits per heavy atom. The first-order valence-electron chi connectivity index (χ1n) is 9.05. The zero-order valence-corrected chi connectivity index (χ0v) is 15.2. The van der Waals surface area contributed by atoms with E-state index < -0.39 is 0 Å². The second kappa shape index (κ2) is 7.39. The van der Waals surface area contributed by atoms with E-state index in [1.54, 1.807) is 6.20 Å². The van der Waals surface area contributed by atoms with E-state index in [-0.39, 0.29) is 6.10 Å². The minimum atomic E-state index is 0.00101. The molecule has 0 saturated carbocycles. The lowest BCUT2D eigenvalue weighted by molar-refractivity contribution is -0.0350. The predicted molar refractivity (Wildman–Crippen MR) is 98.4 cm³/mol. The number of nitrogens with one attached hydrogen (secondary N) is 1. The molecule has 3 aromatic rings. The van der Waals surface area contributed by atoms with Crippen LogP contribution in [0.2, 0.25) is 0 Å². The van der Waals surface area contributed by atoms with Gasteiger partial charge in [0.05, 0.1) is 23.7 Å². The molecule has 1 aliphatic heterocycles. The Hall–Kier alpha value is -2.51. The van der Waals surface area contributed by atoms with E-state index in [0.717, 1.165) is 55.4 Å². The van der Waals surface area contributed by atoms with Gasteiger partial charge in [-0.2, -0.15) is 10.2 Å². The largest absolute Gasteiger partial charge is 0.369 e. The molecule has 1 aliphatic rings. The van der Waals surface area contributed by atoms with Gasteiger partial charge >= 0.3 is 0 Å². The molecule has 0 amide bonds. The van der Waals surface area contributed by atoms with Gasteiger partial charge in [-0.15, -0.1) is 0 Å². The van der Waals surface area contributed by atoms with E-state index in [2.05, 4.69) is 51.3 Å². The summed E-state index contributed by atoms with van der Waals surface area (Å²) in [6, 6.07) is 6.05. The van der Waals surface area contributed by atoms with Crippen molar-refractivity contribution in [2.24, 2.45) is 0 Å². The molecule has 4 rings (SSSR count). The average Bonchev–Trinajstić information content (AvgIpc) is 3.33. The molecule has 136 valence electrons. The molecule has 7 nitrogen and oxygen atoms in total. The number of rotatable bonds is 5. The zero-order valence-electron chi connectivity index (χ0n) is 15.2. The van der Waals surface area contributed by atoms with Crippen LogP contribution in [0.5, 0.6) is 0 Å². The van der Waals surface area contributed by atoms with Gasteiger partial charge in [0.15, 0.2) is 0 Å². The van der Waals surface area contributed by atoms with Gasteiger partial charge in [0, 0.05) is 55.9 Å². The van der Waals surface area contributed by atoms with Crippen LogP contribution in [0.25, 0.3) is 11.3 Å². The first kappa shape index (κ1) is 16.9. The normalized spacial score (nSPS) is 18.3. The van der Waals surface area contributed by atoms with Crippen molar-refractivity contribution in [1.82, 2.24) is 29.9 Å². The molecule has 0 aromatic carbocycles. The molecule has 3 aromatic heterocycles. The molecule has 1 fully saturated rings. The molecule has 0 radical (unpaired) electrons. The van der Waals surface area contributed by atoms with Gasteiger partial charge in [0.2, 0.25) is 0 Å². The lowest BCUT2D eigenvalue weighted by Gasteiger charge is -2.32. The third-order valence-corrected chi connectivity index (χ3v) is 4.84. The highest BCUT2D eigenvalue weighted by atomic mass is 16.5. The van der Waals surface area contributed by atoms with Gasteiger partial charge in [0.1, 0.15) is 6.10 Å². The molecule has 4 heterocycles. The van der Waals surface area contributed by atoms with E-state index >= 15 is 0 Å². The molecular weight excluding hydrogens is 328 g/mol. The van der Waals surface area contributed by atoms with Crippen molar-refractivity contribution in [2.45, 2.75) is 33.0 Å². The van der Waals surface area contributed by atoms with Crippen LogP contribution in [-0.2, 0) is 17.8 Å². The Labute approximate surface area is 153 Å². The second-order valence-electron chi connectivity index (χ2n) is 6.63. The van der Waals surface area contributed by atoms with Gasteiger partial charge in [-0.25, -0.2) is 0 Å². The molecule has 26 heavy (non-hydrogen) atoms. The molecule has 0 bridgehead atoms. The minimum absolute atomic E-state index is 0.00101. The number of morpholine rings is 1. The highest BCUT2D eigenvalue weighted by molar-refractivity contribution is 5.57. The van der Waals surface area contributed by atoms with Crippen molar-refractivity contribution in [3.05, 3.63) is 53.7 Å². The third-order valence-electron chi connectivity index (χ3n) is 4.84. The number of H-pyrrole nitrogens is 1. The topological polar surface area (TPSA) is 71.9 Å². The van der Waals surface area contributed by atoms with Crippen LogP contribution >= 0.6 is 0 Å². The van der Waals surface area contributed by atoms with Crippen molar-refractivity contribution in [2.75, 3.05) is 19.7 Å². The lowest BCUT2D eigenvalue weighted by Crippen LogP contribution is -2.38. The number of aromatic nitrogens is 5. The van der Waals surface area contributed by atoms with E-state index in [1.807, 2.05) is 23.0 Å². The second-order valence-corrected chi connectivity index (χ2v) is 6.63. The van der Waals surface area contributed by atoms with Crippen molar-refractivity contribution >= 4 is 0 Å². The van der Waals surface area contributed by atoms with Crippen molar-refractivity contribution < 1.29 is 4.74 Å². The van der Waals surface area contributed by atoms with Crippen LogP contribution in [0.4, 0.5) is 0 Å². The Balaban J connectivity index is 1.44. The fraction of sp³-hybridized carbons (Fsp3) is 0.421. The minimum Gasteiger partial charge on any atom is -0.369 e.